The predicted octanol–water partition coefficient (Wildman–Crippen LogP) is 3.84. The van der Waals surface area contributed by atoms with Gasteiger partial charge in [0.2, 0.25) is 0 Å². The number of hydrogen-bond donors (Lipinski definition) is 1. The maximum atomic E-state index is 14.2. The first kappa shape index (κ1) is 15.7. The molecule has 3 rings (SSSR count). The minimum Gasteiger partial charge on any atom is -0.381 e. The van der Waals surface area contributed by atoms with Gasteiger partial charge in [0.05, 0.1) is 16.9 Å². The normalized spacial score (nSPS) is 10.6. The van der Waals surface area contributed by atoms with E-state index in [4.69, 9.17) is 0 Å². The van der Waals surface area contributed by atoms with Crippen LogP contribution in [-0.4, -0.2) is 14.5 Å². The Morgan fingerprint density at radius 1 is 1.29 bits per heavy atom. The lowest BCUT2D eigenvalue weighted by Crippen LogP contribution is -2.02. The number of nitro groups is 1. The van der Waals surface area contributed by atoms with E-state index >= 15 is 0 Å². The third-order valence-corrected chi connectivity index (χ3v) is 3.68. The molecule has 6 nitrogen and oxygen atoms in total. The molecule has 0 spiro atoms. The Labute approximate surface area is 137 Å². The van der Waals surface area contributed by atoms with Gasteiger partial charge in [-0.15, -0.1) is 0 Å². The lowest BCUT2D eigenvalue weighted by atomic mass is 10.1. The summed E-state index contributed by atoms with van der Waals surface area (Å²) in [5, 5.41) is 14.0. The summed E-state index contributed by atoms with van der Waals surface area (Å²) in [6.45, 7) is 2.10. The van der Waals surface area contributed by atoms with Crippen LogP contribution < -0.4 is 5.32 Å². The summed E-state index contributed by atoms with van der Waals surface area (Å²) >= 11 is 0. The third kappa shape index (κ3) is 3.24. The number of halogens is 1. The Balaban J connectivity index is 1.72. The second-order valence-corrected chi connectivity index (χ2v) is 5.37. The summed E-state index contributed by atoms with van der Waals surface area (Å²) in [4.78, 5) is 14.3. The second-order valence-electron chi connectivity index (χ2n) is 5.37. The number of aryl methyl sites for hydroxylation is 1. The molecule has 7 heteroatoms. The quantitative estimate of drug-likeness (QED) is 0.571. The highest BCUT2D eigenvalue weighted by Crippen LogP contribution is 2.22. The smallest absolute Gasteiger partial charge is 0.272 e. The van der Waals surface area contributed by atoms with Crippen LogP contribution in [0.5, 0.6) is 0 Å². The SMILES string of the molecule is Cc1cc(NCc2ccc(-n3ccnc3)c(F)c2)ccc1[N+](=O)[O-]. The van der Waals surface area contributed by atoms with Crippen molar-refractivity contribution in [2.75, 3.05) is 5.32 Å². The minimum absolute atomic E-state index is 0.0799. The van der Waals surface area contributed by atoms with E-state index in [1.54, 1.807) is 42.1 Å². The molecule has 0 amide bonds. The van der Waals surface area contributed by atoms with Crippen molar-refractivity contribution in [3.05, 3.63) is 82.2 Å². The molecule has 0 aliphatic heterocycles. The van der Waals surface area contributed by atoms with Crippen molar-refractivity contribution >= 4 is 11.4 Å². The van der Waals surface area contributed by atoms with Crippen LogP contribution in [0.4, 0.5) is 15.8 Å². The molecule has 122 valence electrons. The minimum atomic E-state index is -0.413. The van der Waals surface area contributed by atoms with Crippen molar-refractivity contribution in [2.24, 2.45) is 0 Å². The van der Waals surface area contributed by atoms with Gasteiger partial charge in [0, 0.05) is 36.3 Å². The molecule has 0 saturated heterocycles. The largest absolute Gasteiger partial charge is 0.381 e. The number of nitro benzene ring substituents is 1. The van der Waals surface area contributed by atoms with Crippen molar-refractivity contribution < 1.29 is 9.31 Å². The first-order valence-corrected chi connectivity index (χ1v) is 7.30. The van der Waals surface area contributed by atoms with Crippen molar-refractivity contribution in [1.29, 1.82) is 0 Å². The van der Waals surface area contributed by atoms with Crippen LogP contribution in [0.25, 0.3) is 5.69 Å². The first-order valence-electron chi connectivity index (χ1n) is 7.30. The van der Waals surface area contributed by atoms with E-state index in [2.05, 4.69) is 10.3 Å². The van der Waals surface area contributed by atoms with E-state index in [0.717, 1.165) is 11.3 Å². The van der Waals surface area contributed by atoms with E-state index in [0.29, 0.717) is 17.8 Å². The molecule has 24 heavy (non-hydrogen) atoms. The molecule has 0 aliphatic carbocycles. The summed E-state index contributed by atoms with van der Waals surface area (Å²) in [6.07, 6.45) is 4.80. The fourth-order valence-corrected chi connectivity index (χ4v) is 2.45. The third-order valence-electron chi connectivity index (χ3n) is 3.68. The van der Waals surface area contributed by atoms with E-state index in [9.17, 15) is 14.5 Å². The zero-order valence-corrected chi connectivity index (χ0v) is 12.9. The number of benzene rings is 2. The zero-order valence-electron chi connectivity index (χ0n) is 12.9. The second kappa shape index (κ2) is 6.49. The number of imidazole rings is 1. The van der Waals surface area contributed by atoms with E-state index in [-0.39, 0.29) is 11.5 Å². The van der Waals surface area contributed by atoms with Gasteiger partial charge in [-0.2, -0.15) is 0 Å². The molecular formula is C17H15FN4O2. The van der Waals surface area contributed by atoms with Gasteiger partial charge in [0.25, 0.3) is 5.69 Å². The van der Waals surface area contributed by atoms with Gasteiger partial charge in [-0.1, -0.05) is 6.07 Å². The van der Waals surface area contributed by atoms with Crippen LogP contribution in [0.1, 0.15) is 11.1 Å². The van der Waals surface area contributed by atoms with Crippen molar-refractivity contribution in [3.63, 3.8) is 0 Å². The van der Waals surface area contributed by atoms with Crippen LogP contribution in [-0.2, 0) is 6.54 Å². The molecule has 0 atom stereocenters. The average molecular weight is 326 g/mol. The Kier molecular flexibility index (Phi) is 4.24. The molecule has 2 aromatic carbocycles. The number of rotatable bonds is 5. The Hall–Kier alpha value is -3.22. The van der Waals surface area contributed by atoms with Gasteiger partial charge < -0.3 is 9.88 Å². The monoisotopic (exact) mass is 326 g/mol. The van der Waals surface area contributed by atoms with E-state index < -0.39 is 4.92 Å². The average Bonchev–Trinajstić information content (AvgIpc) is 3.07. The van der Waals surface area contributed by atoms with Gasteiger partial charge in [0.15, 0.2) is 0 Å². The van der Waals surface area contributed by atoms with Crippen molar-refractivity contribution in [2.45, 2.75) is 13.5 Å². The summed E-state index contributed by atoms with van der Waals surface area (Å²) in [5.41, 5.74) is 2.61. The van der Waals surface area contributed by atoms with E-state index in [1.165, 1.54) is 18.5 Å². The maximum Gasteiger partial charge on any atom is 0.272 e. The molecule has 0 unspecified atom stereocenters. The Morgan fingerprint density at radius 2 is 2.12 bits per heavy atom. The van der Waals surface area contributed by atoms with Crippen LogP contribution >= 0.6 is 0 Å². The standard InChI is InChI=1S/C17H15FN4O2/c1-12-8-14(3-5-16(12)22(23)24)20-10-13-2-4-17(15(18)9-13)21-7-6-19-11-21/h2-9,11,20H,10H2,1H3. The number of anilines is 1. The van der Waals surface area contributed by atoms with Gasteiger partial charge in [0.1, 0.15) is 5.82 Å². The van der Waals surface area contributed by atoms with Crippen LogP contribution in [0.3, 0.4) is 0 Å². The predicted molar refractivity (Wildman–Crippen MR) is 88.7 cm³/mol. The van der Waals surface area contributed by atoms with Gasteiger partial charge in [-0.25, -0.2) is 9.37 Å². The maximum absolute atomic E-state index is 14.2. The molecule has 0 fully saturated rings. The number of nitrogens with one attached hydrogen (secondary N) is 1. The summed E-state index contributed by atoms with van der Waals surface area (Å²) < 4.78 is 15.8. The highest BCUT2D eigenvalue weighted by Gasteiger charge is 2.10. The summed E-state index contributed by atoms with van der Waals surface area (Å²) in [7, 11) is 0. The molecule has 0 saturated carbocycles. The molecule has 1 aromatic heterocycles. The fraction of sp³-hybridized carbons (Fsp3) is 0.118. The molecule has 1 heterocycles. The molecule has 0 bridgehead atoms. The topological polar surface area (TPSA) is 73.0 Å². The molecule has 1 N–H and O–H groups in total. The molecule has 0 radical (unpaired) electrons. The lowest BCUT2D eigenvalue weighted by molar-refractivity contribution is -0.385. The Morgan fingerprint density at radius 3 is 2.75 bits per heavy atom. The molecule has 0 aliphatic rings. The van der Waals surface area contributed by atoms with Gasteiger partial charge in [-0.05, 0) is 36.8 Å². The Bertz CT molecular complexity index is 878. The summed E-state index contributed by atoms with van der Waals surface area (Å²) in [6, 6.07) is 9.77. The van der Waals surface area contributed by atoms with Crippen LogP contribution in [0, 0.1) is 22.9 Å². The first-order chi connectivity index (χ1) is 11.5. The van der Waals surface area contributed by atoms with Crippen LogP contribution in [0.2, 0.25) is 0 Å². The van der Waals surface area contributed by atoms with Gasteiger partial charge >= 0.3 is 0 Å². The van der Waals surface area contributed by atoms with Crippen LogP contribution in [0.15, 0.2) is 55.1 Å². The van der Waals surface area contributed by atoms with Gasteiger partial charge in [-0.3, -0.25) is 10.1 Å². The lowest BCUT2D eigenvalue weighted by Gasteiger charge is -2.10. The van der Waals surface area contributed by atoms with Crippen molar-refractivity contribution in [1.82, 2.24) is 9.55 Å². The molecular weight excluding hydrogens is 311 g/mol. The van der Waals surface area contributed by atoms with Crippen molar-refractivity contribution in [3.8, 4) is 5.69 Å². The zero-order chi connectivity index (χ0) is 17.1. The highest BCUT2D eigenvalue weighted by atomic mass is 19.1. The summed E-state index contributed by atoms with van der Waals surface area (Å²) in [5.74, 6) is -0.341. The number of nitrogens with zero attached hydrogens (tertiary/aromatic N) is 3. The fourth-order valence-electron chi connectivity index (χ4n) is 2.45. The molecule has 3 aromatic rings. The number of aromatic nitrogens is 2. The number of hydrogen-bond acceptors (Lipinski definition) is 4. The van der Waals surface area contributed by atoms with E-state index in [1.807, 2.05) is 6.07 Å². The highest BCUT2D eigenvalue weighted by molar-refractivity contribution is 5.53.